The fourth-order valence-corrected chi connectivity index (χ4v) is 6.97. The highest BCUT2D eigenvalue weighted by Gasteiger charge is 2.64. The van der Waals surface area contributed by atoms with Crippen LogP contribution in [0.2, 0.25) is 0 Å². The van der Waals surface area contributed by atoms with Gasteiger partial charge in [-0.3, -0.25) is 0 Å². The Labute approximate surface area is 242 Å². The normalized spacial score (nSPS) is 15.3. The van der Waals surface area contributed by atoms with Crippen molar-refractivity contribution in [3.63, 3.8) is 0 Å². The van der Waals surface area contributed by atoms with E-state index in [4.69, 9.17) is 0 Å². The molecule has 6 aromatic rings. The third kappa shape index (κ3) is 3.77. The van der Waals surface area contributed by atoms with Crippen LogP contribution in [0.25, 0.3) is 5.57 Å². The maximum Gasteiger partial charge on any atom is 0.113 e. The molecule has 0 saturated heterocycles. The fraction of sp³-hybridized carbons (Fsp3) is 0.0500. The standard InChI is InChI=1S/C40H31N/c1-7-19-32(20-8-1)38-31-41(37-29-17-6-18-30-37)40(35-25-13-4-14-26-35,36-27-15-5-16-28-36)39(38,33-21-9-2-10-22-33)34-23-11-3-12-24-34/h1-31H. The molecule has 41 heavy (non-hydrogen) atoms. The molecule has 0 saturated carbocycles. The summed E-state index contributed by atoms with van der Waals surface area (Å²) in [5.74, 6) is 0. The van der Waals surface area contributed by atoms with Crippen LogP contribution in [0.5, 0.6) is 0 Å². The molecule has 0 atom stereocenters. The SMILES string of the molecule is C1=C(c2ccccc2)C(c2ccccc2)(c2ccccc2)C(c2ccccc2)(c2ccccc2)N1c1ccccc1. The highest BCUT2D eigenvalue weighted by Crippen LogP contribution is 2.65. The van der Waals surface area contributed by atoms with Crippen LogP contribution in [0.1, 0.15) is 27.8 Å². The van der Waals surface area contributed by atoms with Gasteiger partial charge in [-0.15, -0.1) is 0 Å². The van der Waals surface area contributed by atoms with Crippen molar-refractivity contribution in [2.24, 2.45) is 0 Å². The van der Waals surface area contributed by atoms with E-state index >= 15 is 0 Å². The molecule has 0 N–H and O–H groups in total. The Kier molecular flexibility index (Phi) is 6.34. The summed E-state index contributed by atoms with van der Waals surface area (Å²) < 4.78 is 0. The molecule has 7 rings (SSSR count). The molecule has 1 heterocycles. The molecule has 1 aliphatic rings. The van der Waals surface area contributed by atoms with Crippen LogP contribution in [-0.2, 0) is 11.0 Å². The van der Waals surface area contributed by atoms with Crippen molar-refractivity contribution in [1.29, 1.82) is 0 Å². The van der Waals surface area contributed by atoms with E-state index in [-0.39, 0.29) is 0 Å². The number of nitrogens with zero attached hydrogens (tertiary/aromatic N) is 1. The Morgan fingerprint density at radius 2 is 0.683 bits per heavy atom. The molecule has 0 radical (unpaired) electrons. The van der Waals surface area contributed by atoms with Crippen molar-refractivity contribution in [3.8, 4) is 0 Å². The second kappa shape index (κ2) is 10.4. The molecule has 0 unspecified atom stereocenters. The molecule has 0 spiro atoms. The van der Waals surface area contributed by atoms with Gasteiger partial charge in [0, 0.05) is 11.9 Å². The molecule has 1 aliphatic heterocycles. The van der Waals surface area contributed by atoms with Crippen LogP contribution >= 0.6 is 0 Å². The van der Waals surface area contributed by atoms with Crippen LogP contribution in [0.15, 0.2) is 188 Å². The highest BCUT2D eigenvalue weighted by atomic mass is 15.2. The maximum atomic E-state index is 2.53. The first-order chi connectivity index (χ1) is 20.4. The number of hydrogen-bond acceptors (Lipinski definition) is 1. The molecule has 0 aliphatic carbocycles. The topological polar surface area (TPSA) is 3.24 Å². The third-order valence-electron chi connectivity index (χ3n) is 8.48. The van der Waals surface area contributed by atoms with Crippen LogP contribution in [-0.4, -0.2) is 0 Å². The Hall–Kier alpha value is -5.14. The minimum absolute atomic E-state index is 0.616. The number of rotatable bonds is 6. The van der Waals surface area contributed by atoms with Crippen LogP contribution in [0, 0.1) is 0 Å². The molecule has 6 aromatic carbocycles. The summed E-state index contributed by atoms with van der Waals surface area (Å²) in [7, 11) is 0. The van der Waals surface area contributed by atoms with Gasteiger partial charge in [0.2, 0.25) is 0 Å². The van der Waals surface area contributed by atoms with Crippen LogP contribution in [0.3, 0.4) is 0 Å². The number of hydrogen-bond donors (Lipinski definition) is 0. The molecule has 0 amide bonds. The lowest BCUT2D eigenvalue weighted by molar-refractivity contribution is 0.406. The molecule has 0 fully saturated rings. The number of anilines is 1. The summed E-state index contributed by atoms with van der Waals surface area (Å²) in [4.78, 5) is 2.53. The molecule has 0 bridgehead atoms. The minimum Gasteiger partial charge on any atom is -0.332 e. The van der Waals surface area contributed by atoms with Crippen molar-refractivity contribution in [3.05, 3.63) is 216 Å². The summed E-state index contributed by atoms with van der Waals surface area (Å²) in [5.41, 5.74) is 7.26. The molecule has 196 valence electrons. The maximum absolute atomic E-state index is 2.53. The summed E-state index contributed by atoms with van der Waals surface area (Å²) in [5, 5.41) is 0. The summed E-state index contributed by atoms with van der Waals surface area (Å²) >= 11 is 0. The van der Waals surface area contributed by atoms with E-state index in [1.807, 2.05) is 0 Å². The van der Waals surface area contributed by atoms with Gasteiger partial charge in [-0.05, 0) is 45.5 Å². The van der Waals surface area contributed by atoms with Crippen LogP contribution in [0.4, 0.5) is 5.69 Å². The van der Waals surface area contributed by atoms with Crippen molar-refractivity contribution in [2.75, 3.05) is 4.90 Å². The van der Waals surface area contributed by atoms with Gasteiger partial charge in [0.25, 0.3) is 0 Å². The first-order valence-corrected chi connectivity index (χ1v) is 14.2. The second-order valence-electron chi connectivity index (χ2n) is 10.5. The van der Waals surface area contributed by atoms with Gasteiger partial charge in [0.1, 0.15) is 5.54 Å². The lowest BCUT2D eigenvalue weighted by atomic mass is 9.53. The molecular formula is C40H31N. The minimum atomic E-state index is -0.662. The predicted molar refractivity (Wildman–Crippen MR) is 171 cm³/mol. The smallest absolute Gasteiger partial charge is 0.113 e. The van der Waals surface area contributed by atoms with Crippen molar-refractivity contribution in [1.82, 2.24) is 0 Å². The van der Waals surface area contributed by atoms with Gasteiger partial charge < -0.3 is 4.90 Å². The average molecular weight is 526 g/mol. The van der Waals surface area contributed by atoms with Gasteiger partial charge in [-0.2, -0.15) is 0 Å². The lowest BCUT2D eigenvalue weighted by Gasteiger charge is -2.53. The Morgan fingerprint density at radius 1 is 0.341 bits per heavy atom. The highest BCUT2D eigenvalue weighted by molar-refractivity contribution is 5.91. The van der Waals surface area contributed by atoms with Gasteiger partial charge in [0.15, 0.2) is 0 Å². The Morgan fingerprint density at radius 3 is 1.10 bits per heavy atom. The first-order valence-electron chi connectivity index (χ1n) is 14.2. The fourth-order valence-electron chi connectivity index (χ4n) is 6.97. The van der Waals surface area contributed by atoms with Crippen molar-refractivity contribution >= 4 is 11.3 Å². The summed E-state index contributed by atoms with van der Waals surface area (Å²) in [6.07, 6.45) is 2.41. The predicted octanol–water partition coefficient (Wildman–Crippen LogP) is 9.48. The van der Waals surface area contributed by atoms with Crippen molar-refractivity contribution in [2.45, 2.75) is 11.0 Å². The van der Waals surface area contributed by atoms with Gasteiger partial charge in [0.05, 0.1) is 5.41 Å². The summed E-state index contributed by atoms with van der Waals surface area (Å²) in [6.45, 7) is 0. The first kappa shape index (κ1) is 24.9. The number of para-hydroxylation sites is 1. The van der Waals surface area contributed by atoms with E-state index in [1.165, 1.54) is 33.4 Å². The largest absolute Gasteiger partial charge is 0.332 e. The van der Waals surface area contributed by atoms with Gasteiger partial charge >= 0.3 is 0 Å². The van der Waals surface area contributed by atoms with Gasteiger partial charge in [-0.1, -0.05) is 170 Å². The second-order valence-corrected chi connectivity index (χ2v) is 10.5. The van der Waals surface area contributed by atoms with E-state index < -0.39 is 11.0 Å². The van der Waals surface area contributed by atoms with E-state index in [9.17, 15) is 0 Å². The van der Waals surface area contributed by atoms with E-state index in [0.29, 0.717) is 0 Å². The van der Waals surface area contributed by atoms with Crippen molar-refractivity contribution < 1.29 is 0 Å². The monoisotopic (exact) mass is 525 g/mol. The lowest BCUT2D eigenvalue weighted by Crippen LogP contribution is -2.56. The van der Waals surface area contributed by atoms with E-state index in [0.717, 1.165) is 5.69 Å². The zero-order chi connectivity index (χ0) is 27.5. The zero-order valence-corrected chi connectivity index (χ0v) is 22.8. The van der Waals surface area contributed by atoms with Gasteiger partial charge in [-0.25, -0.2) is 0 Å². The zero-order valence-electron chi connectivity index (χ0n) is 22.8. The third-order valence-corrected chi connectivity index (χ3v) is 8.48. The molecule has 1 nitrogen and oxygen atoms in total. The Balaban J connectivity index is 1.75. The quantitative estimate of drug-likeness (QED) is 0.209. The van der Waals surface area contributed by atoms with E-state index in [2.05, 4.69) is 193 Å². The van der Waals surface area contributed by atoms with E-state index in [1.54, 1.807) is 0 Å². The average Bonchev–Trinajstić information content (AvgIpc) is 3.41. The molecule has 0 aromatic heterocycles. The Bertz CT molecular complexity index is 1670. The molecule has 1 heteroatoms. The summed E-state index contributed by atoms with van der Waals surface area (Å²) in [6, 6.07) is 66.0. The van der Waals surface area contributed by atoms with Crippen LogP contribution < -0.4 is 4.90 Å². The molecular weight excluding hydrogens is 494 g/mol. The number of benzene rings is 6.